The average molecular weight is 250 g/mol. The van der Waals surface area contributed by atoms with Gasteiger partial charge in [-0.05, 0) is 25.7 Å². The molecular formula is C12H14N2O4. The Morgan fingerprint density at radius 1 is 1.50 bits per heavy atom. The Kier molecular flexibility index (Phi) is 2.17. The number of fused-ring (bicyclic) bond motifs is 1. The second-order valence-electron chi connectivity index (χ2n) is 4.86. The molecule has 0 atom stereocenters. The molecule has 0 unspecified atom stereocenters. The maximum atomic E-state index is 12.1. The predicted octanol–water partition coefficient (Wildman–Crippen LogP) is 1.37. The van der Waals surface area contributed by atoms with Crippen molar-refractivity contribution >= 4 is 17.7 Å². The lowest BCUT2D eigenvalue weighted by Crippen LogP contribution is -2.48. The fourth-order valence-corrected chi connectivity index (χ4v) is 2.76. The molecule has 6 heteroatoms. The van der Waals surface area contributed by atoms with Crippen LogP contribution in [0, 0.1) is 0 Å². The number of carbonyl (C=O) groups excluding carboxylic acids is 1. The molecule has 0 bridgehead atoms. The quantitative estimate of drug-likeness (QED) is 0.788. The first-order valence-corrected chi connectivity index (χ1v) is 5.97. The minimum absolute atomic E-state index is 0.107. The Balaban J connectivity index is 2.05. The van der Waals surface area contributed by atoms with Crippen molar-refractivity contribution in [1.82, 2.24) is 4.57 Å². The van der Waals surface area contributed by atoms with Crippen molar-refractivity contribution in [2.75, 3.05) is 5.32 Å². The van der Waals surface area contributed by atoms with E-state index in [2.05, 4.69) is 5.32 Å². The molecule has 1 aliphatic heterocycles. The normalized spacial score (nSPS) is 20.4. The number of anilines is 1. The molecule has 1 aromatic heterocycles. The maximum Gasteiger partial charge on any atom is 0.352 e. The molecule has 0 saturated heterocycles. The number of aromatic carboxylic acids is 1. The summed E-state index contributed by atoms with van der Waals surface area (Å²) < 4.78 is 7.24. The van der Waals surface area contributed by atoms with Crippen LogP contribution in [0.15, 0.2) is 6.07 Å². The molecule has 1 aromatic rings. The van der Waals surface area contributed by atoms with Crippen LogP contribution < -0.4 is 10.1 Å². The second-order valence-corrected chi connectivity index (χ2v) is 4.86. The van der Waals surface area contributed by atoms with E-state index in [0.29, 0.717) is 24.4 Å². The van der Waals surface area contributed by atoms with E-state index < -0.39 is 11.6 Å². The summed E-state index contributed by atoms with van der Waals surface area (Å²) in [5.41, 5.74) is -0.681. The van der Waals surface area contributed by atoms with Crippen LogP contribution in [0.1, 0.15) is 36.2 Å². The van der Waals surface area contributed by atoms with Gasteiger partial charge in [-0.15, -0.1) is 0 Å². The minimum Gasteiger partial charge on any atom is -0.477 e. The topological polar surface area (TPSA) is 80.6 Å². The molecule has 2 heterocycles. The molecule has 6 nitrogen and oxygen atoms in total. The van der Waals surface area contributed by atoms with E-state index in [1.165, 1.54) is 10.6 Å². The number of carboxylic acids is 1. The van der Waals surface area contributed by atoms with Crippen LogP contribution in [0.5, 0.6) is 5.75 Å². The summed E-state index contributed by atoms with van der Waals surface area (Å²) in [6, 6.07) is 1.47. The summed E-state index contributed by atoms with van der Waals surface area (Å²) in [6.07, 6.45) is 3.30. The molecule has 0 aromatic carbocycles. The second kappa shape index (κ2) is 3.51. The molecule has 2 aliphatic rings. The van der Waals surface area contributed by atoms with Crippen molar-refractivity contribution in [1.29, 1.82) is 0 Å². The minimum atomic E-state index is -1.04. The van der Waals surface area contributed by atoms with Crippen LogP contribution >= 0.6 is 0 Å². The number of carboxylic acid groups (broad SMARTS) is 1. The van der Waals surface area contributed by atoms with E-state index in [4.69, 9.17) is 9.84 Å². The van der Waals surface area contributed by atoms with Gasteiger partial charge in [0.25, 0.3) is 5.91 Å². The van der Waals surface area contributed by atoms with E-state index in [-0.39, 0.29) is 11.6 Å². The molecule has 96 valence electrons. The van der Waals surface area contributed by atoms with Crippen molar-refractivity contribution in [3.63, 3.8) is 0 Å². The third-order valence-corrected chi connectivity index (χ3v) is 3.78. The molecule has 18 heavy (non-hydrogen) atoms. The standard InChI is InChI=1S/C12H14N2O4/c1-14-7(10(15)16)6-8-9(14)13-11(17)12(18-8)4-2-3-5-12/h6H,2-5H2,1H3,(H,13,17)(H,15,16). The first-order valence-electron chi connectivity index (χ1n) is 5.97. The highest BCUT2D eigenvalue weighted by molar-refractivity contribution is 6.01. The van der Waals surface area contributed by atoms with Crippen LogP contribution in [0.4, 0.5) is 5.82 Å². The van der Waals surface area contributed by atoms with Crippen molar-refractivity contribution in [3.8, 4) is 5.75 Å². The summed E-state index contributed by atoms with van der Waals surface area (Å²) in [7, 11) is 1.60. The van der Waals surface area contributed by atoms with Gasteiger partial charge in [-0.2, -0.15) is 0 Å². The van der Waals surface area contributed by atoms with Crippen molar-refractivity contribution < 1.29 is 19.4 Å². The third-order valence-electron chi connectivity index (χ3n) is 3.78. The number of ether oxygens (including phenoxy) is 1. The number of aromatic nitrogens is 1. The largest absolute Gasteiger partial charge is 0.477 e. The van der Waals surface area contributed by atoms with Crippen LogP contribution in [0.3, 0.4) is 0 Å². The zero-order valence-electron chi connectivity index (χ0n) is 10.0. The van der Waals surface area contributed by atoms with Gasteiger partial charge in [0.15, 0.2) is 17.2 Å². The smallest absolute Gasteiger partial charge is 0.352 e. The Labute approximate surface area is 104 Å². The maximum absolute atomic E-state index is 12.1. The summed E-state index contributed by atoms with van der Waals surface area (Å²) in [5.74, 6) is -0.317. The highest BCUT2D eigenvalue weighted by Gasteiger charge is 2.47. The van der Waals surface area contributed by atoms with Crippen molar-refractivity contribution in [2.45, 2.75) is 31.3 Å². The Hall–Kier alpha value is -1.98. The molecule has 1 amide bonds. The van der Waals surface area contributed by atoms with Crippen LogP contribution in [-0.4, -0.2) is 27.2 Å². The zero-order valence-corrected chi connectivity index (χ0v) is 10.0. The SMILES string of the molecule is Cn1c(C(=O)O)cc2c1NC(=O)C1(CCCC1)O2. The van der Waals surface area contributed by atoms with E-state index in [1.54, 1.807) is 7.05 Å². The number of hydrogen-bond donors (Lipinski definition) is 2. The van der Waals surface area contributed by atoms with Gasteiger partial charge in [0.05, 0.1) is 0 Å². The lowest BCUT2D eigenvalue weighted by Gasteiger charge is -2.33. The van der Waals surface area contributed by atoms with E-state index in [9.17, 15) is 9.59 Å². The summed E-state index contributed by atoms with van der Waals surface area (Å²) in [4.78, 5) is 23.2. The monoisotopic (exact) mass is 250 g/mol. The van der Waals surface area contributed by atoms with Gasteiger partial charge in [0.2, 0.25) is 0 Å². The van der Waals surface area contributed by atoms with Crippen molar-refractivity contribution in [3.05, 3.63) is 11.8 Å². The first kappa shape index (κ1) is 11.1. The highest BCUT2D eigenvalue weighted by atomic mass is 16.5. The Bertz CT molecular complexity index is 541. The molecule has 1 saturated carbocycles. The molecule has 1 aliphatic carbocycles. The Morgan fingerprint density at radius 3 is 2.78 bits per heavy atom. The van der Waals surface area contributed by atoms with Crippen molar-refractivity contribution in [2.24, 2.45) is 7.05 Å². The van der Waals surface area contributed by atoms with E-state index in [0.717, 1.165) is 12.8 Å². The molecular weight excluding hydrogens is 236 g/mol. The van der Waals surface area contributed by atoms with Gasteiger partial charge >= 0.3 is 5.97 Å². The molecule has 0 radical (unpaired) electrons. The average Bonchev–Trinajstić information content (AvgIpc) is 2.89. The van der Waals surface area contributed by atoms with Crippen LogP contribution in [-0.2, 0) is 11.8 Å². The summed E-state index contributed by atoms with van der Waals surface area (Å²) in [6.45, 7) is 0. The molecule has 2 N–H and O–H groups in total. The van der Waals surface area contributed by atoms with Gasteiger partial charge in [0, 0.05) is 13.1 Å². The zero-order chi connectivity index (χ0) is 12.9. The molecule has 1 fully saturated rings. The lowest BCUT2D eigenvalue weighted by atomic mass is 10.00. The van der Waals surface area contributed by atoms with E-state index in [1.807, 2.05) is 0 Å². The molecule has 3 rings (SSSR count). The number of rotatable bonds is 1. The van der Waals surface area contributed by atoms with Gasteiger partial charge in [-0.1, -0.05) is 0 Å². The number of nitrogens with one attached hydrogen (secondary N) is 1. The highest BCUT2D eigenvalue weighted by Crippen LogP contribution is 2.43. The van der Waals surface area contributed by atoms with Gasteiger partial charge in [-0.3, -0.25) is 4.79 Å². The third kappa shape index (κ3) is 1.35. The molecule has 1 spiro atoms. The van der Waals surface area contributed by atoms with Crippen LogP contribution in [0.25, 0.3) is 0 Å². The van der Waals surface area contributed by atoms with Crippen LogP contribution in [0.2, 0.25) is 0 Å². The van der Waals surface area contributed by atoms with Gasteiger partial charge < -0.3 is 19.7 Å². The Morgan fingerprint density at radius 2 is 2.17 bits per heavy atom. The predicted molar refractivity (Wildman–Crippen MR) is 62.8 cm³/mol. The fourth-order valence-electron chi connectivity index (χ4n) is 2.76. The number of amides is 1. The number of nitrogens with zero attached hydrogens (tertiary/aromatic N) is 1. The number of hydrogen-bond acceptors (Lipinski definition) is 3. The van der Waals surface area contributed by atoms with E-state index >= 15 is 0 Å². The fraction of sp³-hybridized carbons (Fsp3) is 0.500. The van der Waals surface area contributed by atoms with Gasteiger partial charge in [-0.25, -0.2) is 4.79 Å². The first-order chi connectivity index (χ1) is 8.53. The summed E-state index contributed by atoms with van der Waals surface area (Å²) >= 11 is 0. The number of carbonyl (C=O) groups is 2. The lowest BCUT2D eigenvalue weighted by molar-refractivity contribution is -0.132. The van der Waals surface area contributed by atoms with Gasteiger partial charge in [0.1, 0.15) is 5.69 Å². The summed E-state index contributed by atoms with van der Waals surface area (Å²) in [5, 5.41) is 11.8.